The quantitative estimate of drug-likeness (QED) is 0.0736. The van der Waals surface area contributed by atoms with Crippen LogP contribution >= 0.6 is 23.4 Å². The van der Waals surface area contributed by atoms with Crippen molar-refractivity contribution < 1.29 is 19.0 Å². The first-order valence-electron chi connectivity index (χ1n) is 18.4. The first kappa shape index (κ1) is 37.4. The first-order valence-corrected chi connectivity index (χ1v) is 19.6. The van der Waals surface area contributed by atoms with Crippen LogP contribution < -0.4 is 10.2 Å². The Morgan fingerprint density at radius 2 is 1.55 bits per heavy atom. The number of halogens is 1. The van der Waals surface area contributed by atoms with E-state index in [-0.39, 0.29) is 5.91 Å². The monoisotopic (exact) mass is 754 g/mol. The van der Waals surface area contributed by atoms with Gasteiger partial charge in [-0.15, -0.1) is 0 Å². The Hall–Kier alpha value is -3.94. The van der Waals surface area contributed by atoms with Crippen molar-refractivity contribution in [2.24, 2.45) is 0 Å². The van der Waals surface area contributed by atoms with Gasteiger partial charge in [0.05, 0.1) is 51.0 Å². The fourth-order valence-corrected chi connectivity index (χ4v) is 8.05. The van der Waals surface area contributed by atoms with Crippen LogP contribution in [-0.4, -0.2) is 118 Å². The predicted molar refractivity (Wildman–Crippen MR) is 215 cm³/mol. The molecule has 0 unspecified atom stereocenters. The number of ether oxygens (including phenoxy) is 3. The minimum absolute atomic E-state index is 0.155. The van der Waals surface area contributed by atoms with Gasteiger partial charge in [0.15, 0.2) is 0 Å². The number of carbonyl (C=O) groups excluding carboxylic acids is 1. The van der Waals surface area contributed by atoms with Crippen LogP contribution in [0.2, 0.25) is 5.02 Å². The summed E-state index contributed by atoms with van der Waals surface area (Å²) in [4.78, 5) is 29.9. The lowest BCUT2D eigenvalue weighted by atomic mass is 10.1. The van der Waals surface area contributed by atoms with E-state index in [0.717, 1.165) is 84.6 Å². The number of aromatic amines is 1. The summed E-state index contributed by atoms with van der Waals surface area (Å²) in [6.45, 7) is 10.9. The molecule has 1 amide bonds. The number of piperazine rings is 1. The standard InChI is InChI=1S/C41H47ClN6O4S/c42-32-8-10-40-38(29-32)48(37-4-1-2-5-39(37)53-40)16-3-15-46-17-19-47(20-18-46)21-23-51-25-27-52-26-24-50-22-14-44-41(49)11-7-31-6-9-33-34-30-43-13-12-35(34)45-36(33)28-31/h1-2,4-13,28-30,45H,3,14-27H2,(H,44,49). The van der Waals surface area contributed by atoms with Crippen molar-refractivity contribution >= 4 is 68.5 Å². The van der Waals surface area contributed by atoms with Crippen molar-refractivity contribution in [1.29, 1.82) is 0 Å². The average Bonchev–Trinajstić information content (AvgIpc) is 3.56. The molecule has 1 saturated heterocycles. The molecule has 2 aliphatic heterocycles. The molecule has 2 aliphatic rings. The van der Waals surface area contributed by atoms with Crippen molar-refractivity contribution in [1.82, 2.24) is 25.1 Å². The smallest absolute Gasteiger partial charge is 0.244 e. The second-order valence-corrected chi connectivity index (χ2v) is 14.7. The van der Waals surface area contributed by atoms with Crippen LogP contribution in [0.15, 0.2) is 95.0 Å². The molecule has 10 nitrogen and oxygen atoms in total. The number of H-pyrrole nitrogens is 1. The topological polar surface area (TPSA) is 95.2 Å². The molecule has 1 fully saturated rings. The number of hydrogen-bond donors (Lipinski definition) is 2. The Labute approximate surface area is 320 Å². The number of benzene rings is 3. The molecule has 5 aromatic rings. The van der Waals surface area contributed by atoms with Crippen molar-refractivity contribution in [2.75, 3.05) is 96.9 Å². The van der Waals surface area contributed by atoms with Gasteiger partial charge in [0.1, 0.15) is 0 Å². The lowest BCUT2D eigenvalue weighted by molar-refractivity contribution is -0.116. The summed E-state index contributed by atoms with van der Waals surface area (Å²) in [5, 5.41) is 5.84. The molecular formula is C41H47ClN6O4S. The lowest BCUT2D eigenvalue weighted by Gasteiger charge is -2.36. The van der Waals surface area contributed by atoms with Crippen LogP contribution in [-0.2, 0) is 19.0 Å². The van der Waals surface area contributed by atoms with E-state index in [2.05, 4.69) is 66.4 Å². The summed E-state index contributed by atoms with van der Waals surface area (Å²) in [5.41, 5.74) is 5.49. The summed E-state index contributed by atoms with van der Waals surface area (Å²) in [7, 11) is 0. The fourth-order valence-electron chi connectivity index (χ4n) is 6.81. The Bertz CT molecular complexity index is 2000. The molecule has 53 heavy (non-hydrogen) atoms. The fraction of sp³-hybridized carbons (Fsp3) is 0.366. The number of anilines is 2. The van der Waals surface area contributed by atoms with Gasteiger partial charge in [-0.1, -0.05) is 47.6 Å². The molecule has 0 atom stereocenters. The number of nitrogens with one attached hydrogen (secondary N) is 2. The van der Waals surface area contributed by atoms with Gasteiger partial charge in [-0.05, 0) is 67.1 Å². The second kappa shape index (κ2) is 18.9. The van der Waals surface area contributed by atoms with Gasteiger partial charge in [-0.3, -0.25) is 14.7 Å². The number of fused-ring (bicyclic) bond motifs is 5. The third kappa shape index (κ3) is 10.2. The van der Waals surface area contributed by atoms with Crippen LogP contribution in [0.1, 0.15) is 12.0 Å². The van der Waals surface area contributed by atoms with E-state index in [1.807, 2.05) is 54.4 Å². The van der Waals surface area contributed by atoms with E-state index in [1.54, 1.807) is 12.3 Å². The van der Waals surface area contributed by atoms with E-state index in [0.29, 0.717) is 46.2 Å². The number of para-hydroxylation sites is 1. The van der Waals surface area contributed by atoms with E-state index in [9.17, 15) is 4.79 Å². The van der Waals surface area contributed by atoms with E-state index < -0.39 is 0 Å². The molecule has 4 heterocycles. The molecule has 0 aliphatic carbocycles. The van der Waals surface area contributed by atoms with Gasteiger partial charge in [-0.2, -0.15) is 0 Å². The molecule has 2 aromatic heterocycles. The Morgan fingerprint density at radius 1 is 0.792 bits per heavy atom. The molecular weight excluding hydrogens is 708 g/mol. The zero-order valence-corrected chi connectivity index (χ0v) is 31.5. The molecule has 0 bridgehead atoms. The molecule has 0 radical (unpaired) electrons. The SMILES string of the molecule is O=C(C=Cc1ccc2c(c1)[nH]c1ccncc12)NCCOCCOCCOCCN1CCN(CCCN2c3ccccc3Sc3ccc(Cl)cc32)CC1. The van der Waals surface area contributed by atoms with Gasteiger partial charge in [0.2, 0.25) is 5.91 Å². The van der Waals surface area contributed by atoms with E-state index >= 15 is 0 Å². The number of pyridine rings is 1. The van der Waals surface area contributed by atoms with Crippen LogP contribution in [0.4, 0.5) is 11.4 Å². The summed E-state index contributed by atoms with van der Waals surface area (Å²) in [6.07, 6.45) is 8.08. The van der Waals surface area contributed by atoms with E-state index in [1.165, 1.54) is 21.2 Å². The third-order valence-electron chi connectivity index (χ3n) is 9.60. The molecule has 3 aromatic carbocycles. The molecule has 2 N–H and O–H groups in total. The normalized spacial score (nSPS) is 15.0. The average molecular weight is 755 g/mol. The van der Waals surface area contributed by atoms with Crippen molar-refractivity contribution in [3.8, 4) is 0 Å². The largest absolute Gasteiger partial charge is 0.378 e. The third-order valence-corrected chi connectivity index (χ3v) is 11.0. The molecule has 0 saturated carbocycles. The van der Waals surface area contributed by atoms with Crippen LogP contribution in [0.3, 0.4) is 0 Å². The van der Waals surface area contributed by atoms with E-state index in [4.69, 9.17) is 25.8 Å². The van der Waals surface area contributed by atoms with Gasteiger partial charge in [0.25, 0.3) is 0 Å². The number of carbonyl (C=O) groups is 1. The highest BCUT2D eigenvalue weighted by Crippen LogP contribution is 2.48. The molecule has 0 spiro atoms. The maximum absolute atomic E-state index is 12.2. The van der Waals surface area contributed by atoms with Gasteiger partial charge < -0.3 is 34.3 Å². The van der Waals surface area contributed by atoms with Gasteiger partial charge >= 0.3 is 0 Å². The number of aromatic nitrogens is 2. The second-order valence-electron chi connectivity index (χ2n) is 13.2. The van der Waals surface area contributed by atoms with Gasteiger partial charge in [-0.25, -0.2) is 0 Å². The minimum atomic E-state index is -0.155. The zero-order chi connectivity index (χ0) is 36.2. The first-order chi connectivity index (χ1) is 26.1. The Morgan fingerprint density at radius 3 is 2.40 bits per heavy atom. The maximum atomic E-state index is 12.2. The van der Waals surface area contributed by atoms with Gasteiger partial charge in [0, 0.05) is 101 Å². The highest BCUT2D eigenvalue weighted by molar-refractivity contribution is 7.99. The van der Waals surface area contributed by atoms with Crippen molar-refractivity contribution in [2.45, 2.75) is 16.2 Å². The number of nitrogens with zero attached hydrogens (tertiary/aromatic N) is 4. The minimum Gasteiger partial charge on any atom is -0.378 e. The number of hydrogen-bond acceptors (Lipinski definition) is 9. The zero-order valence-electron chi connectivity index (χ0n) is 30.0. The number of rotatable bonds is 18. The summed E-state index contributed by atoms with van der Waals surface area (Å²) in [6, 6.07) is 22.9. The molecule has 278 valence electrons. The maximum Gasteiger partial charge on any atom is 0.244 e. The summed E-state index contributed by atoms with van der Waals surface area (Å²) >= 11 is 8.21. The number of amides is 1. The molecule has 12 heteroatoms. The summed E-state index contributed by atoms with van der Waals surface area (Å²) in [5.74, 6) is -0.155. The highest BCUT2D eigenvalue weighted by atomic mass is 35.5. The lowest BCUT2D eigenvalue weighted by Crippen LogP contribution is -2.47. The Balaban J connectivity index is 0.681. The van der Waals surface area contributed by atoms with Crippen molar-refractivity contribution in [3.05, 3.63) is 95.8 Å². The Kier molecular flexibility index (Phi) is 13.3. The highest BCUT2D eigenvalue weighted by Gasteiger charge is 2.24. The predicted octanol–water partition coefficient (Wildman–Crippen LogP) is 6.86. The van der Waals surface area contributed by atoms with Crippen LogP contribution in [0, 0.1) is 0 Å². The molecule has 7 rings (SSSR count). The summed E-state index contributed by atoms with van der Waals surface area (Å²) < 4.78 is 17.1. The van der Waals surface area contributed by atoms with Crippen molar-refractivity contribution in [3.63, 3.8) is 0 Å². The van der Waals surface area contributed by atoms with Crippen LogP contribution in [0.25, 0.3) is 27.9 Å². The van der Waals surface area contributed by atoms with Crippen LogP contribution in [0.5, 0.6) is 0 Å².